The van der Waals surface area contributed by atoms with Gasteiger partial charge in [-0.25, -0.2) is 4.99 Å². The van der Waals surface area contributed by atoms with E-state index in [0.717, 1.165) is 31.4 Å². The molecule has 0 amide bonds. The Kier molecular flexibility index (Phi) is 3.09. The van der Waals surface area contributed by atoms with E-state index in [1.807, 2.05) is 0 Å². The number of thioether (sulfide) groups is 1. The second-order valence-corrected chi connectivity index (χ2v) is 8.56. The summed E-state index contributed by atoms with van der Waals surface area (Å²) in [6, 6.07) is 4.96. The van der Waals surface area contributed by atoms with Gasteiger partial charge in [-0.05, 0) is 31.6 Å². The Morgan fingerprint density at radius 2 is 2.09 bits per heavy atom. The molecule has 6 heteroatoms. The monoisotopic (exact) mass is 330 g/mol. The smallest absolute Gasteiger partial charge is 0.230 e. The zero-order valence-electron chi connectivity index (χ0n) is 13.5. The normalized spacial score (nSPS) is 50.4. The minimum absolute atomic E-state index is 0.338. The van der Waals surface area contributed by atoms with Gasteiger partial charge in [0.05, 0.1) is 18.7 Å². The predicted octanol–water partition coefficient (Wildman–Crippen LogP) is 2.78. The zero-order valence-corrected chi connectivity index (χ0v) is 14.3. The Bertz CT molecular complexity index is 648. The van der Waals surface area contributed by atoms with Crippen molar-refractivity contribution in [3.05, 3.63) is 0 Å². The van der Waals surface area contributed by atoms with Crippen LogP contribution >= 0.6 is 11.8 Å². The maximum atomic E-state index is 10.2. The van der Waals surface area contributed by atoms with Crippen molar-refractivity contribution in [3.8, 4) is 12.1 Å². The Morgan fingerprint density at radius 1 is 1.35 bits per heavy atom. The lowest BCUT2D eigenvalue weighted by atomic mass is 9.72. The average molecular weight is 330 g/mol. The molecule has 2 spiro atoms. The molecule has 2 saturated carbocycles. The van der Waals surface area contributed by atoms with Gasteiger partial charge in [0.25, 0.3) is 0 Å². The largest absolute Gasteiger partial charge is 0.386 e. The van der Waals surface area contributed by atoms with E-state index in [9.17, 15) is 10.5 Å². The van der Waals surface area contributed by atoms with Crippen molar-refractivity contribution in [2.45, 2.75) is 50.5 Å². The SMILES string of the molecule is CCCC1CCC2(CC1)[C@@]1(C#N)[C@@]3(N=C(N)[C@@]21C#N)OCCS3. The van der Waals surface area contributed by atoms with Crippen molar-refractivity contribution in [2.75, 3.05) is 12.4 Å². The molecule has 4 aliphatic rings. The number of nitrogens with two attached hydrogens (primary N) is 1. The third-order valence-corrected chi connectivity index (χ3v) is 8.01. The lowest BCUT2D eigenvalue weighted by Crippen LogP contribution is -2.38. The van der Waals surface area contributed by atoms with Crippen LogP contribution < -0.4 is 5.73 Å². The van der Waals surface area contributed by atoms with E-state index >= 15 is 0 Å². The number of hydrogen-bond acceptors (Lipinski definition) is 6. The van der Waals surface area contributed by atoms with Crippen molar-refractivity contribution in [2.24, 2.45) is 32.9 Å². The number of nitrogens with zero attached hydrogens (tertiary/aromatic N) is 3. The number of ether oxygens (including phenoxy) is 1. The van der Waals surface area contributed by atoms with E-state index in [1.54, 1.807) is 11.8 Å². The van der Waals surface area contributed by atoms with Crippen molar-refractivity contribution in [3.63, 3.8) is 0 Å². The summed E-state index contributed by atoms with van der Waals surface area (Å²) in [4.78, 5) is 4.53. The third-order valence-electron chi connectivity index (χ3n) is 6.73. The molecular weight excluding hydrogens is 308 g/mol. The van der Waals surface area contributed by atoms with Crippen LogP contribution in [0.1, 0.15) is 45.4 Å². The highest BCUT2D eigenvalue weighted by molar-refractivity contribution is 8.00. The van der Waals surface area contributed by atoms with E-state index in [4.69, 9.17) is 10.5 Å². The number of aliphatic imine (C=N–C) groups is 1. The van der Waals surface area contributed by atoms with Crippen LogP contribution in [0.15, 0.2) is 4.99 Å². The fraction of sp³-hybridized carbons (Fsp3) is 0.824. The van der Waals surface area contributed by atoms with Gasteiger partial charge < -0.3 is 10.5 Å². The van der Waals surface area contributed by atoms with Crippen LogP contribution in [-0.2, 0) is 4.74 Å². The topological polar surface area (TPSA) is 95.2 Å². The number of nitriles is 2. The van der Waals surface area contributed by atoms with Gasteiger partial charge in [-0.2, -0.15) is 10.5 Å². The van der Waals surface area contributed by atoms with Crippen LogP contribution in [0.25, 0.3) is 0 Å². The molecule has 0 bridgehead atoms. The van der Waals surface area contributed by atoms with E-state index in [2.05, 4.69) is 24.1 Å². The predicted molar refractivity (Wildman–Crippen MR) is 88.2 cm³/mol. The standard InChI is InChI=1S/C17H22N4OS/c1-2-3-12-4-6-14(7-5-12)15(10-18)13(20)21-17(16(14,15)11-19)22-8-9-23-17/h12H,2-9H2,1H3,(H2,20,21)/t12?,14?,15-,16+,17+/m0/s1. The minimum Gasteiger partial charge on any atom is -0.386 e. The molecule has 2 N–H and O–H groups in total. The maximum absolute atomic E-state index is 10.2. The van der Waals surface area contributed by atoms with Crippen molar-refractivity contribution >= 4 is 17.6 Å². The Balaban J connectivity index is 1.77. The molecule has 122 valence electrons. The van der Waals surface area contributed by atoms with Gasteiger partial charge in [0.15, 0.2) is 5.41 Å². The van der Waals surface area contributed by atoms with Gasteiger partial charge in [0, 0.05) is 11.2 Å². The molecular formula is C17H22N4OS. The summed E-state index contributed by atoms with van der Waals surface area (Å²) < 4.78 is 5.97. The molecule has 0 unspecified atom stereocenters. The molecule has 4 rings (SSSR count). The Hall–Kier alpha value is -1.24. The van der Waals surface area contributed by atoms with Gasteiger partial charge in [0.2, 0.25) is 5.06 Å². The maximum Gasteiger partial charge on any atom is 0.230 e. The lowest BCUT2D eigenvalue weighted by Gasteiger charge is -2.36. The second-order valence-electron chi connectivity index (χ2n) is 7.31. The quantitative estimate of drug-likeness (QED) is 0.840. The van der Waals surface area contributed by atoms with Crippen LogP contribution in [0.3, 0.4) is 0 Å². The molecule has 0 aromatic carbocycles. The summed E-state index contributed by atoms with van der Waals surface area (Å²) >= 11 is 1.56. The van der Waals surface area contributed by atoms with Gasteiger partial charge in [-0.15, -0.1) is 0 Å². The van der Waals surface area contributed by atoms with Gasteiger partial charge in [-0.3, -0.25) is 0 Å². The highest BCUT2D eigenvalue weighted by Gasteiger charge is 2.99. The molecule has 2 heterocycles. The van der Waals surface area contributed by atoms with E-state index in [0.29, 0.717) is 18.4 Å². The average Bonchev–Trinajstić information content (AvgIpc) is 2.83. The van der Waals surface area contributed by atoms with Gasteiger partial charge in [-0.1, -0.05) is 31.5 Å². The molecule has 2 aliphatic carbocycles. The van der Waals surface area contributed by atoms with Crippen molar-refractivity contribution in [1.29, 1.82) is 10.5 Å². The summed E-state index contributed by atoms with van der Waals surface area (Å²) in [6.07, 6.45) is 6.36. The Labute approximate surface area is 141 Å². The first-order valence-corrected chi connectivity index (χ1v) is 9.54. The fourth-order valence-corrected chi connectivity index (χ4v) is 7.19. The minimum atomic E-state index is -0.945. The molecule has 0 aromatic rings. The number of fused-ring (bicyclic) bond motifs is 4. The highest BCUT2D eigenvalue weighted by Crippen LogP contribution is 2.90. The van der Waals surface area contributed by atoms with Crippen molar-refractivity contribution in [1.82, 2.24) is 0 Å². The number of rotatable bonds is 2. The van der Waals surface area contributed by atoms with E-state index < -0.39 is 15.9 Å². The Morgan fingerprint density at radius 3 is 2.61 bits per heavy atom. The molecule has 0 radical (unpaired) electrons. The van der Waals surface area contributed by atoms with Crippen LogP contribution in [0.4, 0.5) is 0 Å². The fourth-order valence-electron chi connectivity index (χ4n) is 5.80. The van der Waals surface area contributed by atoms with Crippen LogP contribution in [-0.4, -0.2) is 23.3 Å². The molecule has 5 nitrogen and oxygen atoms in total. The van der Waals surface area contributed by atoms with Crippen LogP contribution in [0.2, 0.25) is 0 Å². The van der Waals surface area contributed by atoms with Gasteiger partial charge in [0.1, 0.15) is 11.3 Å². The summed E-state index contributed by atoms with van der Waals surface area (Å²) in [5.41, 5.74) is 4.06. The second kappa shape index (κ2) is 4.65. The number of hydrogen-bond donors (Lipinski definition) is 1. The highest BCUT2D eigenvalue weighted by atomic mass is 32.2. The molecule has 1 saturated heterocycles. The molecule has 3 atom stereocenters. The van der Waals surface area contributed by atoms with Crippen LogP contribution in [0, 0.1) is 44.8 Å². The first-order valence-electron chi connectivity index (χ1n) is 8.56. The molecule has 0 aromatic heterocycles. The zero-order chi connectivity index (χ0) is 16.3. The summed E-state index contributed by atoms with van der Waals surface area (Å²) in [5, 5.41) is 19.3. The van der Waals surface area contributed by atoms with Crippen molar-refractivity contribution < 1.29 is 4.74 Å². The van der Waals surface area contributed by atoms with Crippen LogP contribution in [0.5, 0.6) is 0 Å². The first kappa shape index (κ1) is 15.3. The summed E-state index contributed by atoms with van der Waals surface area (Å²) in [7, 11) is 0. The van der Waals surface area contributed by atoms with Gasteiger partial charge >= 0.3 is 0 Å². The molecule has 3 fully saturated rings. The lowest BCUT2D eigenvalue weighted by molar-refractivity contribution is 0.000662. The first-order chi connectivity index (χ1) is 11.1. The van der Waals surface area contributed by atoms with E-state index in [1.165, 1.54) is 12.8 Å². The molecule has 23 heavy (non-hydrogen) atoms. The number of amidine groups is 1. The molecule has 2 aliphatic heterocycles. The summed E-state index contributed by atoms with van der Waals surface area (Å²) in [6.45, 7) is 2.79. The van der Waals surface area contributed by atoms with E-state index in [-0.39, 0.29) is 5.41 Å². The third kappa shape index (κ3) is 1.34. The summed E-state index contributed by atoms with van der Waals surface area (Å²) in [5.74, 6) is 1.85.